The summed E-state index contributed by atoms with van der Waals surface area (Å²) in [7, 11) is 0. The maximum absolute atomic E-state index is 12.2. The number of fused-ring (bicyclic) bond motifs is 2. The highest BCUT2D eigenvalue weighted by Crippen LogP contribution is 2.32. The quantitative estimate of drug-likeness (QED) is 0.548. The van der Waals surface area contributed by atoms with Gasteiger partial charge < -0.3 is 10.1 Å². The van der Waals surface area contributed by atoms with Crippen molar-refractivity contribution >= 4 is 11.9 Å². The van der Waals surface area contributed by atoms with Crippen LogP contribution in [0.15, 0.2) is 12.2 Å². The minimum absolute atomic E-state index is 0.0297. The highest BCUT2D eigenvalue weighted by molar-refractivity contribution is 5.79. The highest BCUT2D eigenvalue weighted by Gasteiger charge is 2.34. The summed E-state index contributed by atoms with van der Waals surface area (Å²) in [5.41, 5.74) is 0. The number of nitrogens with one attached hydrogen (secondary N) is 1. The van der Waals surface area contributed by atoms with Crippen LogP contribution in [0.3, 0.4) is 0 Å². The fourth-order valence-electron chi connectivity index (χ4n) is 3.02. The lowest BCUT2D eigenvalue weighted by molar-refractivity contribution is -0.153. The molecule has 2 rings (SSSR count). The number of ether oxygens (including phenoxy) is 1. The monoisotopic (exact) mass is 279 g/mol. The minimum atomic E-state index is -0.107. The van der Waals surface area contributed by atoms with Gasteiger partial charge in [-0.05, 0) is 44.4 Å². The van der Waals surface area contributed by atoms with Crippen LogP contribution < -0.4 is 5.32 Å². The molecular weight excluding hydrogens is 254 g/mol. The van der Waals surface area contributed by atoms with Gasteiger partial charge in [-0.25, -0.2) is 0 Å². The summed E-state index contributed by atoms with van der Waals surface area (Å²) in [5, 5.41) is 2.97. The first-order valence-corrected chi connectivity index (χ1v) is 7.79. The molecule has 3 unspecified atom stereocenters. The highest BCUT2D eigenvalue weighted by atomic mass is 16.5. The molecule has 0 aromatic heterocycles. The number of hydrogen-bond acceptors (Lipinski definition) is 3. The van der Waals surface area contributed by atoms with E-state index in [1.54, 1.807) is 0 Å². The van der Waals surface area contributed by atoms with Crippen molar-refractivity contribution in [1.82, 2.24) is 5.32 Å². The van der Waals surface area contributed by atoms with Gasteiger partial charge in [0.1, 0.15) is 6.10 Å². The van der Waals surface area contributed by atoms with Gasteiger partial charge in [0.25, 0.3) is 0 Å². The van der Waals surface area contributed by atoms with Crippen molar-refractivity contribution in [2.24, 2.45) is 11.8 Å². The van der Waals surface area contributed by atoms with Gasteiger partial charge in [-0.2, -0.15) is 0 Å². The lowest BCUT2D eigenvalue weighted by atomic mass is 9.78. The summed E-state index contributed by atoms with van der Waals surface area (Å²) in [6, 6.07) is 0. The largest absolute Gasteiger partial charge is 0.462 e. The van der Waals surface area contributed by atoms with E-state index < -0.39 is 0 Å². The van der Waals surface area contributed by atoms with Crippen molar-refractivity contribution < 1.29 is 14.3 Å². The first-order valence-electron chi connectivity index (χ1n) is 7.79. The van der Waals surface area contributed by atoms with Crippen LogP contribution >= 0.6 is 0 Å². The second-order valence-corrected chi connectivity index (χ2v) is 5.97. The van der Waals surface area contributed by atoms with Crippen LogP contribution in [0.1, 0.15) is 51.9 Å². The van der Waals surface area contributed by atoms with E-state index in [9.17, 15) is 9.59 Å². The van der Waals surface area contributed by atoms with E-state index in [4.69, 9.17) is 4.74 Å². The van der Waals surface area contributed by atoms with Gasteiger partial charge in [0.05, 0.1) is 0 Å². The molecule has 0 aromatic rings. The Bertz CT molecular complexity index is 378. The first-order chi connectivity index (χ1) is 9.66. The topological polar surface area (TPSA) is 55.4 Å². The lowest BCUT2D eigenvalue weighted by Crippen LogP contribution is -2.40. The summed E-state index contributed by atoms with van der Waals surface area (Å²) in [4.78, 5) is 24.0. The Kier molecular flexibility index (Phi) is 5.62. The van der Waals surface area contributed by atoms with Crippen molar-refractivity contribution in [1.29, 1.82) is 0 Å². The van der Waals surface area contributed by atoms with Gasteiger partial charge in [-0.1, -0.05) is 19.1 Å². The third-order valence-electron chi connectivity index (χ3n) is 4.35. The molecule has 0 radical (unpaired) electrons. The van der Waals surface area contributed by atoms with Gasteiger partial charge in [0, 0.05) is 18.9 Å². The molecule has 2 bridgehead atoms. The van der Waals surface area contributed by atoms with Crippen molar-refractivity contribution in [2.45, 2.75) is 58.0 Å². The fraction of sp³-hybridized carbons (Fsp3) is 0.750. The number of rotatable bonds is 0. The van der Waals surface area contributed by atoms with Gasteiger partial charge in [-0.15, -0.1) is 0 Å². The van der Waals surface area contributed by atoms with Crippen LogP contribution in [0.2, 0.25) is 0 Å². The van der Waals surface area contributed by atoms with E-state index in [-0.39, 0.29) is 23.9 Å². The number of amides is 1. The molecule has 20 heavy (non-hydrogen) atoms. The average molecular weight is 279 g/mol. The maximum atomic E-state index is 12.2. The van der Waals surface area contributed by atoms with Crippen LogP contribution in [0.4, 0.5) is 0 Å². The molecular formula is C16H25NO3. The minimum Gasteiger partial charge on any atom is -0.462 e. The van der Waals surface area contributed by atoms with E-state index in [1.165, 1.54) is 0 Å². The van der Waals surface area contributed by atoms with Crippen LogP contribution in [0.25, 0.3) is 0 Å². The molecule has 2 aliphatic rings. The summed E-state index contributed by atoms with van der Waals surface area (Å²) < 4.78 is 5.53. The van der Waals surface area contributed by atoms with Crippen molar-refractivity contribution in [2.75, 3.05) is 6.54 Å². The Morgan fingerprint density at radius 1 is 1.20 bits per heavy atom. The molecule has 1 saturated carbocycles. The zero-order chi connectivity index (χ0) is 14.4. The van der Waals surface area contributed by atoms with Crippen molar-refractivity contribution in [3.8, 4) is 0 Å². The van der Waals surface area contributed by atoms with Gasteiger partial charge in [0.15, 0.2) is 0 Å². The summed E-state index contributed by atoms with van der Waals surface area (Å²) >= 11 is 0. The lowest BCUT2D eigenvalue weighted by Gasteiger charge is -2.33. The Hall–Kier alpha value is -1.32. The zero-order valence-corrected chi connectivity index (χ0v) is 12.3. The Balaban J connectivity index is 2.01. The standard InChI is InChI=1S/C16H25NO3/c1-12-8-9-13-11-14(12)16(19)17-10-6-4-2-3-5-7-15(18)20-13/h4,6,12-14H,2-3,5,7-11H2,1H3,(H,17,19)/b6-4-. The smallest absolute Gasteiger partial charge is 0.306 e. The Morgan fingerprint density at radius 3 is 2.90 bits per heavy atom. The molecule has 0 aromatic carbocycles. The van der Waals surface area contributed by atoms with Crippen molar-refractivity contribution in [3.05, 3.63) is 12.2 Å². The van der Waals surface area contributed by atoms with Crippen LogP contribution in [-0.4, -0.2) is 24.5 Å². The first kappa shape index (κ1) is 15.1. The van der Waals surface area contributed by atoms with Crippen LogP contribution in [-0.2, 0) is 14.3 Å². The molecule has 112 valence electrons. The molecule has 4 nitrogen and oxygen atoms in total. The third kappa shape index (κ3) is 4.36. The van der Waals surface area contributed by atoms with E-state index in [1.807, 2.05) is 6.08 Å². The molecule has 1 fully saturated rings. The molecule has 1 N–H and O–H groups in total. The zero-order valence-electron chi connectivity index (χ0n) is 12.3. The fourth-order valence-corrected chi connectivity index (χ4v) is 3.02. The number of allylic oxidation sites excluding steroid dienone is 1. The van der Waals surface area contributed by atoms with Crippen LogP contribution in [0.5, 0.6) is 0 Å². The number of hydrogen-bond donors (Lipinski definition) is 1. The van der Waals surface area contributed by atoms with E-state index >= 15 is 0 Å². The molecule has 1 aliphatic carbocycles. The number of esters is 1. The molecule has 3 atom stereocenters. The van der Waals surface area contributed by atoms with Crippen molar-refractivity contribution in [3.63, 3.8) is 0 Å². The maximum Gasteiger partial charge on any atom is 0.306 e. The molecule has 1 aliphatic heterocycles. The SMILES string of the molecule is CC1CCC2CC1C(=O)NC/C=C\CCCCC(=O)O2. The number of carbonyl (C=O) groups excluding carboxylic acids is 2. The Labute approximate surface area is 120 Å². The third-order valence-corrected chi connectivity index (χ3v) is 4.35. The molecule has 4 heteroatoms. The molecule has 0 spiro atoms. The van der Waals surface area contributed by atoms with Crippen LogP contribution in [0, 0.1) is 11.8 Å². The van der Waals surface area contributed by atoms with Gasteiger partial charge in [0.2, 0.25) is 5.91 Å². The molecule has 0 saturated heterocycles. The van der Waals surface area contributed by atoms with Gasteiger partial charge in [-0.3, -0.25) is 9.59 Å². The van der Waals surface area contributed by atoms with E-state index in [0.29, 0.717) is 25.3 Å². The number of carbonyl (C=O) groups is 2. The summed E-state index contributed by atoms with van der Waals surface area (Å²) in [6.45, 7) is 2.72. The predicted octanol–water partition coefficient (Wildman–Crippen LogP) is 2.58. The predicted molar refractivity (Wildman–Crippen MR) is 77.0 cm³/mol. The van der Waals surface area contributed by atoms with E-state index in [2.05, 4.69) is 18.3 Å². The second-order valence-electron chi connectivity index (χ2n) is 5.97. The Morgan fingerprint density at radius 2 is 2.05 bits per heavy atom. The van der Waals surface area contributed by atoms with Gasteiger partial charge >= 0.3 is 5.97 Å². The summed E-state index contributed by atoms with van der Waals surface area (Å²) in [5.74, 6) is 0.324. The summed E-state index contributed by atoms with van der Waals surface area (Å²) in [6.07, 6.45) is 9.82. The normalized spacial score (nSPS) is 34.5. The molecule has 1 heterocycles. The van der Waals surface area contributed by atoms with E-state index in [0.717, 1.165) is 32.1 Å². The second kappa shape index (κ2) is 7.46. The molecule has 1 amide bonds. The average Bonchev–Trinajstić information content (AvgIpc) is 2.43.